The first-order valence-corrected chi connectivity index (χ1v) is 8.00. The number of aromatic carboxylic acids is 1. The monoisotopic (exact) mass is 287 g/mol. The smallest absolute Gasteiger partial charge is 0.371 e. The van der Waals surface area contributed by atoms with Gasteiger partial charge >= 0.3 is 5.97 Å². The number of carboxylic acids is 1. The van der Waals surface area contributed by atoms with Gasteiger partial charge in [0.25, 0.3) is 0 Å². The molecule has 1 aromatic rings. The van der Waals surface area contributed by atoms with Crippen molar-refractivity contribution in [3.63, 3.8) is 0 Å². The highest BCUT2D eigenvalue weighted by Crippen LogP contribution is 2.20. The van der Waals surface area contributed by atoms with Crippen LogP contribution in [0, 0.1) is 0 Å². The summed E-state index contributed by atoms with van der Waals surface area (Å²) < 4.78 is 28.2. The van der Waals surface area contributed by atoms with Gasteiger partial charge in [0.15, 0.2) is 9.84 Å². The average molecular weight is 287 g/mol. The van der Waals surface area contributed by atoms with E-state index in [1.54, 1.807) is 6.07 Å². The van der Waals surface area contributed by atoms with E-state index in [1.807, 2.05) is 11.8 Å². The molecule has 2 rings (SSSR count). The lowest BCUT2D eigenvalue weighted by atomic mass is 10.2. The highest BCUT2D eigenvalue weighted by atomic mass is 32.2. The first-order chi connectivity index (χ1) is 8.91. The fourth-order valence-corrected chi connectivity index (χ4v) is 4.10. The standard InChI is InChI=1S/C12H17NO5S/c1-2-13(9-5-6-19(16,17)8-9)7-10-3-4-11(18-10)12(14)15/h3-4,9H,2,5-8H2,1H3,(H,14,15). The summed E-state index contributed by atoms with van der Waals surface area (Å²) in [6.45, 7) is 3.08. The van der Waals surface area contributed by atoms with E-state index < -0.39 is 15.8 Å². The first kappa shape index (κ1) is 14.1. The Morgan fingerprint density at radius 2 is 2.26 bits per heavy atom. The minimum Gasteiger partial charge on any atom is -0.475 e. The second kappa shape index (κ2) is 5.34. The Labute approximate surface area is 111 Å². The van der Waals surface area contributed by atoms with Crippen LogP contribution in [0.2, 0.25) is 0 Å². The Kier molecular flexibility index (Phi) is 3.96. The topological polar surface area (TPSA) is 87.8 Å². The van der Waals surface area contributed by atoms with Crippen LogP contribution < -0.4 is 0 Å². The minimum absolute atomic E-state index is 0.00613. The van der Waals surface area contributed by atoms with Gasteiger partial charge in [0.2, 0.25) is 5.76 Å². The van der Waals surface area contributed by atoms with Crippen LogP contribution in [0.3, 0.4) is 0 Å². The van der Waals surface area contributed by atoms with Gasteiger partial charge in [0.05, 0.1) is 18.1 Å². The lowest BCUT2D eigenvalue weighted by Crippen LogP contribution is -2.35. The molecule has 1 saturated heterocycles. The zero-order chi connectivity index (χ0) is 14.0. The van der Waals surface area contributed by atoms with Crippen molar-refractivity contribution in [2.75, 3.05) is 18.1 Å². The molecule has 0 aromatic carbocycles. The van der Waals surface area contributed by atoms with E-state index in [0.29, 0.717) is 25.3 Å². The summed E-state index contributed by atoms with van der Waals surface area (Å²) in [6, 6.07) is 3.03. The van der Waals surface area contributed by atoms with E-state index >= 15 is 0 Å². The van der Waals surface area contributed by atoms with E-state index in [-0.39, 0.29) is 23.3 Å². The summed E-state index contributed by atoms with van der Waals surface area (Å²) in [5.41, 5.74) is 0. The fourth-order valence-electron chi connectivity index (χ4n) is 2.34. The molecule has 0 radical (unpaired) electrons. The van der Waals surface area contributed by atoms with Crippen molar-refractivity contribution in [1.29, 1.82) is 0 Å². The van der Waals surface area contributed by atoms with Crippen molar-refractivity contribution in [2.24, 2.45) is 0 Å². The Morgan fingerprint density at radius 1 is 1.53 bits per heavy atom. The molecule has 1 aromatic heterocycles. The van der Waals surface area contributed by atoms with Crippen LogP contribution in [0.4, 0.5) is 0 Å². The molecule has 2 heterocycles. The molecule has 0 amide bonds. The predicted octanol–water partition coefficient (Wildman–Crippen LogP) is 0.987. The maximum atomic E-state index is 11.5. The molecular formula is C12H17NO5S. The maximum Gasteiger partial charge on any atom is 0.371 e. The highest BCUT2D eigenvalue weighted by Gasteiger charge is 2.31. The van der Waals surface area contributed by atoms with Gasteiger partial charge in [-0.25, -0.2) is 13.2 Å². The molecule has 6 nitrogen and oxygen atoms in total. The molecule has 1 aliphatic heterocycles. The third kappa shape index (κ3) is 3.36. The largest absolute Gasteiger partial charge is 0.475 e. The van der Waals surface area contributed by atoms with E-state index in [4.69, 9.17) is 9.52 Å². The molecule has 19 heavy (non-hydrogen) atoms. The minimum atomic E-state index is -2.92. The van der Waals surface area contributed by atoms with Gasteiger partial charge in [0, 0.05) is 6.04 Å². The summed E-state index contributed by atoms with van der Waals surface area (Å²) in [5.74, 6) is -0.244. The van der Waals surface area contributed by atoms with Gasteiger partial charge < -0.3 is 9.52 Å². The number of furan rings is 1. The zero-order valence-electron chi connectivity index (χ0n) is 10.7. The number of nitrogens with zero attached hydrogens (tertiary/aromatic N) is 1. The Hall–Kier alpha value is -1.34. The summed E-state index contributed by atoms with van der Waals surface area (Å²) in [7, 11) is -2.92. The van der Waals surface area contributed by atoms with Gasteiger partial charge in [-0.2, -0.15) is 0 Å². The number of carboxylic acid groups (broad SMARTS) is 1. The second-order valence-electron chi connectivity index (χ2n) is 4.69. The summed E-state index contributed by atoms with van der Waals surface area (Å²) >= 11 is 0. The number of rotatable bonds is 5. The molecule has 1 fully saturated rings. The Morgan fingerprint density at radius 3 is 2.74 bits per heavy atom. The van der Waals surface area contributed by atoms with Gasteiger partial charge in [-0.3, -0.25) is 4.90 Å². The average Bonchev–Trinajstić information content (AvgIpc) is 2.92. The van der Waals surface area contributed by atoms with Crippen molar-refractivity contribution in [1.82, 2.24) is 4.90 Å². The van der Waals surface area contributed by atoms with Crippen molar-refractivity contribution >= 4 is 15.8 Å². The lowest BCUT2D eigenvalue weighted by Gasteiger charge is -2.25. The first-order valence-electron chi connectivity index (χ1n) is 6.18. The van der Waals surface area contributed by atoms with Gasteiger partial charge in [-0.1, -0.05) is 6.92 Å². The molecular weight excluding hydrogens is 270 g/mol. The van der Waals surface area contributed by atoms with Crippen LogP contribution in [-0.2, 0) is 16.4 Å². The fraction of sp³-hybridized carbons (Fsp3) is 0.583. The van der Waals surface area contributed by atoms with Crippen molar-refractivity contribution in [3.8, 4) is 0 Å². The number of hydrogen-bond acceptors (Lipinski definition) is 5. The molecule has 0 spiro atoms. The number of hydrogen-bond donors (Lipinski definition) is 1. The van der Waals surface area contributed by atoms with Crippen LogP contribution >= 0.6 is 0 Å². The SMILES string of the molecule is CCN(Cc1ccc(C(=O)O)o1)C1CCS(=O)(=O)C1. The molecule has 0 aliphatic carbocycles. The highest BCUT2D eigenvalue weighted by molar-refractivity contribution is 7.91. The maximum absolute atomic E-state index is 11.5. The quantitative estimate of drug-likeness (QED) is 0.868. The van der Waals surface area contributed by atoms with E-state index in [1.165, 1.54) is 6.07 Å². The summed E-state index contributed by atoms with van der Waals surface area (Å²) in [4.78, 5) is 12.7. The van der Waals surface area contributed by atoms with Crippen LogP contribution in [-0.4, -0.2) is 48.5 Å². The molecule has 1 unspecified atom stereocenters. The number of carbonyl (C=O) groups is 1. The lowest BCUT2D eigenvalue weighted by molar-refractivity contribution is 0.0657. The van der Waals surface area contributed by atoms with Crippen molar-refractivity contribution in [2.45, 2.75) is 25.9 Å². The third-order valence-electron chi connectivity index (χ3n) is 3.36. The third-order valence-corrected chi connectivity index (χ3v) is 5.11. The van der Waals surface area contributed by atoms with Crippen LogP contribution in [0.25, 0.3) is 0 Å². The summed E-state index contributed by atoms with van der Waals surface area (Å²) in [5, 5.41) is 8.78. The van der Waals surface area contributed by atoms with Crippen molar-refractivity contribution < 1.29 is 22.7 Å². The number of sulfone groups is 1. The Balaban J connectivity index is 2.04. The molecule has 0 saturated carbocycles. The normalized spacial score (nSPS) is 21.9. The predicted molar refractivity (Wildman–Crippen MR) is 68.8 cm³/mol. The molecule has 0 bridgehead atoms. The van der Waals surface area contributed by atoms with Gasteiger partial charge in [0.1, 0.15) is 5.76 Å². The molecule has 1 atom stereocenters. The molecule has 1 aliphatic rings. The zero-order valence-corrected chi connectivity index (χ0v) is 11.5. The van der Waals surface area contributed by atoms with Gasteiger partial charge in [-0.05, 0) is 25.1 Å². The van der Waals surface area contributed by atoms with E-state index in [2.05, 4.69) is 0 Å². The molecule has 106 valence electrons. The molecule has 1 N–H and O–H groups in total. The van der Waals surface area contributed by atoms with Crippen LogP contribution in [0.15, 0.2) is 16.5 Å². The Bertz CT molecular complexity index is 562. The van der Waals surface area contributed by atoms with E-state index in [9.17, 15) is 13.2 Å². The molecule has 7 heteroatoms. The summed E-state index contributed by atoms with van der Waals surface area (Å²) in [6.07, 6.45) is 0.628. The van der Waals surface area contributed by atoms with Crippen LogP contribution in [0.5, 0.6) is 0 Å². The second-order valence-corrected chi connectivity index (χ2v) is 6.92. The van der Waals surface area contributed by atoms with E-state index in [0.717, 1.165) is 0 Å². The van der Waals surface area contributed by atoms with Gasteiger partial charge in [-0.15, -0.1) is 0 Å². The van der Waals surface area contributed by atoms with Crippen molar-refractivity contribution in [3.05, 3.63) is 23.7 Å². The van der Waals surface area contributed by atoms with Crippen LogP contribution in [0.1, 0.15) is 29.7 Å².